The van der Waals surface area contributed by atoms with Crippen molar-refractivity contribution >= 4 is 0 Å². The molecule has 0 fully saturated rings. The van der Waals surface area contributed by atoms with E-state index in [2.05, 4.69) is 0 Å². The highest BCUT2D eigenvalue weighted by atomic mass is 16.3. The monoisotopic (exact) mass is 220 g/mol. The Morgan fingerprint density at radius 1 is 0.933 bits per heavy atom. The van der Waals surface area contributed by atoms with Crippen LogP contribution in [-0.2, 0) is 0 Å². The fraction of sp³-hybridized carbons (Fsp3) is 1.00. The van der Waals surface area contributed by atoms with Gasteiger partial charge in [0, 0.05) is 19.1 Å². The first-order valence-electron chi connectivity index (χ1n) is 5.56. The summed E-state index contributed by atoms with van der Waals surface area (Å²) in [5.41, 5.74) is -0.123. The van der Waals surface area contributed by atoms with E-state index in [0.29, 0.717) is 12.5 Å². The maximum absolute atomic E-state index is 9.49. The molecule has 0 saturated heterocycles. The van der Waals surface area contributed by atoms with Gasteiger partial charge in [0.25, 0.3) is 0 Å². The number of aliphatic hydroxyl groups is 3. The summed E-state index contributed by atoms with van der Waals surface area (Å²) in [5.74, 6) is 0.412. The molecule has 0 rings (SSSR count). The fourth-order valence-corrected chi connectivity index (χ4v) is 0.953. The molecular weight excluding hydrogens is 192 g/mol. The van der Waals surface area contributed by atoms with E-state index in [-0.39, 0.29) is 17.9 Å². The maximum atomic E-state index is 9.49. The molecule has 3 nitrogen and oxygen atoms in total. The molecule has 0 saturated carbocycles. The third kappa shape index (κ3) is 10.2. The zero-order chi connectivity index (χ0) is 12.6. The van der Waals surface area contributed by atoms with Crippen LogP contribution in [-0.4, -0.2) is 34.6 Å². The molecule has 0 aliphatic heterocycles. The molecule has 15 heavy (non-hydrogen) atoms. The van der Waals surface area contributed by atoms with Crippen LogP contribution in [0.3, 0.4) is 0 Å². The summed E-state index contributed by atoms with van der Waals surface area (Å²) >= 11 is 0. The molecule has 3 N–H and O–H groups in total. The highest BCUT2D eigenvalue weighted by Gasteiger charge is 2.26. The average molecular weight is 220 g/mol. The quantitative estimate of drug-likeness (QED) is 0.678. The first-order chi connectivity index (χ1) is 6.66. The van der Waals surface area contributed by atoms with Crippen molar-refractivity contribution in [1.29, 1.82) is 0 Å². The van der Waals surface area contributed by atoms with E-state index >= 15 is 0 Å². The highest BCUT2D eigenvalue weighted by molar-refractivity contribution is 4.76. The van der Waals surface area contributed by atoms with Crippen molar-refractivity contribution in [3.8, 4) is 0 Å². The van der Waals surface area contributed by atoms with Crippen molar-refractivity contribution < 1.29 is 15.3 Å². The predicted molar refractivity (Wildman–Crippen MR) is 63.6 cm³/mol. The normalized spacial score (nSPS) is 15.6. The summed E-state index contributed by atoms with van der Waals surface area (Å²) in [6.07, 6.45) is -0.419. The molecule has 0 aliphatic rings. The molecule has 0 spiro atoms. The molecule has 0 heterocycles. The molecule has 0 amide bonds. The van der Waals surface area contributed by atoms with Crippen LogP contribution in [0.5, 0.6) is 0 Å². The lowest BCUT2D eigenvalue weighted by molar-refractivity contribution is -0.00245. The molecule has 94 valence electrons. The molecular formula is C12H28O3. The molecule has 0 radical (unpaired) electrons. The molecule has 0 aromatic rings. The van der Waals surface area contributed by atoms with Gasteiger partial charge in [-0.15, -0.1) is 0 Å². The van der Waals surface area contributed by atoms with Crippen LogP contribution >= 0.6 is 0 Å². The largest absolute Gasteiger partial charge is 0.396 e. The van der Waals surface area contributed by atoms with Gasteiger partial charge in [0.1, 0.15) is 0 Å². The van der Waals surface area contributed by atoms with Crippen LogP contribution in [0.25, 0.3) is 0 Å². The van der Waals surface area contributed by atoms with Crippen molar-refractivity contribution in [3.63, 3.8) is 0 Å². The fourth-order valence-electron chi connectivity index (χ4n) is 0.953. The summed E-state index contributed by atoms with van der Waals surface area (Å²) in [6, 6.07) is 0. The minimum Gasteiger partial charge on any atom is -0.396 e. The van der Waals surface area contributed by atoms with Crippen LogP contribution in [0.15, 0.2) is 0 Å². The van der Waals surface area contributed by atoms with Crippen molar-refractivity contribution in [3.05, 3.63) is 0 Å². The topological polar surface area (TPSA) is 60.7 Å². The summed E-state index contributed by atoms with van der Waals surface area (Å²) in [4.78, 5) is 0. The molecule has 2 atom stereocenters. The average Bonchev–Trinajstić information content (AvgIpc) is 2.14. The van der Waals surface area contributed by atoms with Gasteiger partial charge in [0.2, 0.25) is 0 Å². The van der Waals surface area contributed by atoms with Gasteiger partial charge in [-0.05, 0) is 11.3 Å². The number of hydrogen-bond acceptors (Lipinski definition) is 3. The summed E-state index contributed by atoms with van der Waals surface area (Å²) < 4.78 is 0. The zero-order valence-corrected chi connectivity index (χ0v) is 11.0. The van der Waals surface area contributed by atoms with Crippen molar-refractivity contribution in [1.82, 2.24) is 0 Å². The van der Waals surface area contributed by atoms with E-state index in [1.165, 1.54) is 0 Å². The van der Waals surface area contributed by atoms with Crippen LogP contribution in [0.1, 0.15) is 41.5 Å². The minimum absolute atomic E-state index is 0.0278. The van der Waals surface area contributed by atoms with E-state index in [4.69, 9.17) is 10.2 Å². The van der Waals surface area contributed by atoms with Crippen LogP contribution < -0.4 is 0 Å². The van der Waals surface area contributed by atoms with E-state index in [9.17, 15) is 5.11 Å². The Kier molecular flexibility index (Phi) is 9.31. The van der Waals surface area contributed by atoms with Crippen LogP contribution in [0.2, 0.25) is 0 Å². The second kappa shape index (κ2) is 8.08. The van der Waals surface area contributed by atoms with E-state index in [1.807, 2.05) is 41.5 Å². The lowest BCUT2D eigenvalue weighted by Crippen LogP contribution is -2.33. The Morgan fingerprint density at radius 3 is 1.33 bits per heavy atom. The third-order valence-electron chi connectivity index (χ3n) is 2.08. The first-order valence-corrected chi connectivity index (χ1v) is 5.56. The Balaban J connectivity index is 0. The van der Waals surface area contributed by atoms with Gasteiger partial charge < -0.3 is 15.3 Å². The van der Waals surface area contributed by atoms with E-state index in [1.54, 1.807) is 0 Å². The molecule has 0 aromatic heterocycles. The lowest BCUT2D eigenvalue weighted by atomic mass is 9.82. The zero-order valence-electron chi connectivity index (χ0n) is 11.0. The number of aliphatic hydroxyl groups excluding tert-OH is 3. The predicted octanol–water partition coefficient (Wildman–Crippen LogP) is 1.66. The molecule has 3 heteroatoms. The van der Waals surface area contributed by atoms with Crippen molar-refractivity contribution in [2.75, 3.05) is 13.2 Å². The number of rotatable bonds is 3. The van der Waals surface area contributed by atoms with Gasteiger partial charge in [0.15, 0.2) is 0 Å². The standard InChI is InChI=1S/C8H18O2.C4H10O/c1-6(5-9)7(10)8(2,3)4;1-4(2)3-5/h6-7,9-10H,5H2,1-4H3;4-5H,3H2,1-2H3. The lowest BCUT2D eigenvalue weighted by Gasteiger charge is -2.29. The Morgan fingerprint density at radius 2 is 1.27 bits per heavy atom. The molecule has 0 aliphatic carbocycles. The maximum Gasteiger partial charge on any atom is 0.0635 e. The van der Waals surface area contributed by atoms with Crippen molar-refractivity contribution in [2.24, 2.45) is 17.3 Å². The first kappa shape index (κ1) is 17.3. The van der Waals surface area contributed by atoms with Crippen LogP contribution in [0, 0.1) is 17.3 Å². The van der Waals surface area contributed by atoms with E-state index in [0.717, 1.165) is 0 Å². The molecule has 2 unspecified atom stereocenters. The number of hydrogen-bond donors (Lipinski definition) is 3. The molecule has 0 bridgehead atoms. The van der Waals surface area contributed by atoms with Gasteiger partial charge in [-0.3, -0.25) is 0 Å². The Hall–Kier alpha value is -0.120. The summed E-state index contributed by atoms with van der Waals surface area (Å²) in [7, 11) is 0. The van der Waals surface area contributed by atoms with Gasteiger partial charge in [-0.2, -0.15) is 0 Å². The Labute approximate surface area is 94.1 Å². The second-order valence-corrected chi connectivity index (χ2v) is 5.55. The van der Waals surface area contributed by atoms with Gasteiger partial charge in [-0.25, -0.2) is 0 Å². The summed E-state index contributed by atoms with van der Waals surface area (Å²) in [6.45, 7) is 12.0. The van der Waals surface area contributed by atoms with Crippen molar-refractivity contribution in [2.45, 2.75) is 47.6 Å². The van der Waals surface area contributed by atoms with Crippen LogP contribution in [0.4, 0.5) is 0 Å². The molecule has 0 aromatic carbocycles. The van der Waals surface area contributed by atoms with Gasteiger partial charge in [0.05, 0.1) is 6.10 Å². The summed E-state index contributed by atoms with van der Waals surface area (Å²) in [5, 5.41) is 26.3. The smallest absolute Gasteiger partial charge is 0.0635 e. The second-order valence-electron chi connectivity index (χ2n) is 5.55. The third-order valence-corrected chi connectivity index (χ3v) is 2.08. The van der Waals surface area contributed by atoms with Gasteiger partial charge >= 0.3 is 0 Å². The minimum atomic E-state index is -0.419. The Bertz CT molecular complexity index is 138. The SMILES string of the molecule is CC(C)CO.CC(CO)C(O)C(C)(C)C. The highest BCUT2D eigenvalue weighted by Crippen LogP contribution is 2.24. The van der Waals surface area contributed by atoms with E-state index < -0.39 is 6.10 Å². The van der Waals surface area contributed by atoms with Gasteiger partial charge in [-0.1, -0.05) is 41.5 Å².